The molecule has 0 aliphatic carbocycles. The number of nitrogens with one attached hydrogen (secondary N) is 1. The lowest BCUT2D eigenvalue weighted by Gasteiger charge is -2.18. The third-order valence-electron chi connectivity index (χ3n) is 4.14. The molecule has 0 unspecified atom stereocenters. The molecule has 0 saturated heterocycles. The van der Waals surface area contributed by atoms with Gasteiger partial charge < -0.3 is 14.8 Å². The Kier molecular flexibility index (Phi) is 6.93. The van der Waals surface area contributed by atoms with E-state index in [-0.39, 0.29) is 5.91 Å². The highest BCUT2D eigenvalue weighted by Crippen LogP contribution is 2.25. The second kappa shape index (κ2) is 9.81. The minimum absolute atomic E-state index is 0.222. The lowest BCUT2D eigenvalue weighted by molar-refractivity contribution is -0.122. The predicted octanol–water partition coefficient (Wildman–Crippen LogP) is 5.72. The number of hydrogen-bond acceptors (Lipinski definition) is 3. The molecule has 28 heavy (non-hydrogen) atoms. The number of anilines is 1. The summed E-state index contributed by atoms with van der Waals surface area (Å²) in [7, 11) is 0. The largest absolute Gasteiger partial charge is 0.489 e. The smallest absolute Gasteiger partial charge is 0.265 e. The van der Waals surface area contributed by atoms with Crippen LogP contribution in [0.2, 0.25) is 5.02 Å². The van der Waals surface area contributed by atoms with E-state index >= 15 is 0 Å². The van der Waals surface area contributed by atoms with Crippen LogP contribution in [0.15, 0.2) is 78.9 Å². The van der Waals surface area contributed by atoms with Crippen LogP contribution >= 0.6 is 11.6 Å². The van der Waals surface area contributed by atoms with E-state index < -0.39 is 6.10 Å². The molecule has 0 aromatic heterocycles. The Morgan fingerprint density at radius 1 is 0.964 bits per heavy atom. The van der Waals surface area contributed by atoms with Gasteiger partial charge in [0.05, 0.1) is 5.02 Å². The molecule has 3 rings (SSSR count). The molecule has 1 amide bonds. The summed E-state index contributed by atoms with van der Waals surface area (Å²) >= 11 is 6.11. The van der Waals surface area contributed by atoms with Crippen molar-refractivity contribution < 1.29 is 14.3 Å². The third-order valence-corrected chi connectivity index (χ3v) is 4.45. The van der Waals surface area contributed by atoms with Gasteiger partial charge in [0.2, 0.25) is 0 Å². The van der Waals surface area contributed by atoms with Crippen LogP contribution in [0.1, 0.15) is 18.9 Å². The Bertz CT molecular complexity index is 897. The fourth-order valence-electron chi connectivity index (χ4n) is 2.61. The molecule has 0 aliphatic heterocycles. The van der Waals surface area contributed by atoms with E-state index in [0.29, 0.717) is 29.5 Å². The summed E-state index contributed by atoms with van der Waals surface area (Å²) in [5.41, 5.74) is 1.78. The molecular weight excluding hydrogens is 374 g/mol. The van der Waals surface area contributed by atoms with Crippen LogP contribution in [-0.4, -0.2) is 12.0 Å². The Morgan fingerprint density at radius 3 is 2.32 bits per heavy atom. The molecule has 5 heteroatoms. The maximum atomic E-state index is 12.5. The van der Waals surface area contributed by atoms with E-state index in [1.807, 2.05) is 61.5 Å². The normalized spacial score (nSPS) is 11.5. The van der Waals surface area contributed by atoms with Crippen LogP contribution in [0, 0.1) is 0 Å². The van der Waals surface area contributed by atoms with Gasteiger partial charge in [-0.2, -0.15) is 0 Å². The lowest BCUT2D eigenvalue weighted by Crippen LogP contribution is -2.32. The Balaban J connectivity index is 1.56. The number of hydrogen-bond donors (Lipinski definition) is 1. The molecule has 1 atom stereocenters. The number of benzene rings is 3. The number of rotatable bonds is 8. The Morgan fingerprint density at radius 2 is 1.64 bits per heavy atom. The highest BCUT2D eigenvalue weighted by Gasteiger charge is 2.19. The molecule has 144 valence electrons. The van der Waals surface area contributed by atoms with Crippen LogP contribution in [0.5, 0.6) is 11.5 Å². The maximum Gasteiger partial charge on any atom is 0.265 e. The first-order chi connectivity index (χ1) is 13.7. The first kappa shape index (κ1) is 19.8. The number of para-hydroxylation sites is 1. The molecule has 0 spiro atoms. The third kappa shape index (κ3) is 5.51. The molecule has 4 nitrogen and oxygen atoms in total. The van der Waals surface area contributed by atoms with E-state index in [2.05, 4.69) is 5.32 Å². The monoisotopic (exact) mass is 395 g/mol. The standard InChI is InChI=1S/C23H22ClNO3/c1-2-21(28-22-11-7-6-10-20(22)24)23(26)25-18-12-14-19(15-13-18)27-16-17-8-4-3-5-9-17/h3-15,21H,2,16H2,1H3,(H,25,26)/t21-/m0/s1. The second-order valence-electron chi connectivity index (χ2n) is 6.23. The highest BCUT2D eigenvalue weighted by molar-refractivity contribution is 6.32. The van der Waals surface area contributed by atoms with Crippen LogP contribution in [0.4, 0.5) is 5.69 Å². The Labute approximate surface area is 170 Å². The lowest BCUT2D eigenvalue weighted by atomic mass is 10.2. The van der Waals surface area contributed by atoms with Gasteiger partial charge in [0.25, 0.3) is 5.91 Å². The van der Waals surface area contributed by atoms with Crippen molar-refractivity contribution >= 4 is 23.2 Å². The van der Waals surface area contributed by atoms with Crippen molar-refractivity contribution in [2.75, 3.05) is 5.32 Å². The Hall–Kier alpha value is -2.98. The van der Waals surface area contributed by atoms with E-state index in [1.54, 1.807) is 24.3 Å². The summed E-state index contributed by atoms with van der Waals surface area (Å²) in [5.74, 6) is 1.01. The highest BCUT2D eigenvalue weighted by atomic mass is 35.5. The zero-order valence-corrected chi connectivity index (χ0v) is 16.4. The van der Waals surface area contributed by atoms with Crippen LogP contribution in [0.25, 0.3) is 0 Å². The molecule has 0 saturated carbocycles. The predicted molar refractivity (Wildman–Crippen MR) is 112 cm³/mol. The van der Waals surface area contributed by atoms with E-state index in [1.165, 1.54) is 0 Å². The van der Waals surface area contributed by atoms with Crippen molar-refractivity contribution in [3.8, 4) is 11.5 Å². The number of ether oxygens (including phenoxy) is 2. The molecule has 1 N–H and O–H groups in total. The molecule has 3 aromatic rings. The number of halogens is 1. The zero-order valence-electron chi connectivity index (χ0n) is 15.6. The average Bonchev–Trinajstić information content (AvgIpc) is 2.73. The topological polar surface area (TPSA) is 47.6 Å². The number of amides is 1. The maximum absolute atomic E-state index is 12.5. The number of carbonyl (C=O) groups excluding carboxylic acids is 1. The molecule has 0 heterocycles. The van der Waals surface area contributed by atoms with Gasteiger partial charge in [-0.25, -0.2) is 0 Å². The summed E-state index contributed by atoms with van der Waals surface area (Å²) in [6.45, 7) is 2.39. The van der Waals surface area contributed by atoms with Gasteiger partial charge in [-0.05, 0) is 48.4 Å². The van der Waals surface area contributed by atoms with Gasteiger partial charge in [0.1, 0.15) is 18.1 Å². The number of carbonyl (C=O) groups is 1. The van der Waals surface area contributed by atoms with Gasteiger partial charge in [0.15, 0.2) is 6.10 Å². The molecule has 3 aromatic carbocycles. The molecule has 0 aliphatic rings. The summed E-state index contributed by atoms with van der Waals surface area (Å²) in [5, 5.41) is 3.35. The van der Waals surface area contributed by atoms with Crippen LogP contribution in [-0.2, 0) is 11.4 Å². The molecule has 0 radical (unpaired) electrons. The van der Waals surface area contributed by atoms with Crippen LogP contribution in [0.3, 0.4) is 0 Å². The zero-order chi connectivity index (χ0) is 19.8. The first-order valence-corrected chi connectivity index (χ1v) is 9.52. The van der Waals surface area contributed by atoms with Crippen molar-refractivity contribution in [2.45, 2.75) is 26.1 Å². The quantitative estimate of drug-likeness (QED) is 0.531. The van der Waals surface area contributed by atoms with Gasteiger partial charge in [-0.1, -0.05) is 61.0 Å². The summed E-state index contributed by atoms with van der Waals surface area (Å²) in [6.07, 6.45) is -0.107. The van der Waals surface area contributed by atoms with E-state index in [9.17, 15) is 4.79 Å². The first-order valence-electron chi connectivity index (χ1n) is 9.14. The van der Waals surface area contributed by atoms with Crippen molar-refractivity contribution in [1.82, 2.24) is 0 Å². The fraction of sp³-hybridized carbons (Fsp3) is 0.174. The molecule has 0 fully saturated rings. The van der Waals surface area contributed by atoms with Gasteiger partial charge in [-0.15, -0.1) is 0 Å². The van der Waals surface area contributed by atoms with Crippen molar-refractivity contribution in [3.05, 3.63) is 89.4 Å². The molecular formula is C23H22ClNO3. The minimum atomic E-state index is -0.631. The van der Waals surface area contributed by atoms with Gasteiger partial charge in [-0.3, -0.25) is 4.79 Å². The van der Waals surface area contributed by atoms with E-state index in [0.717, 1.165) is 11.3 Å². The molecule has 0 bridgehead atoms. The average molecular weight is 396 g/mol. The fourth-order valence-corrected chi connectivity index (χ4v) is 2.79. The van der Waals surface area contributed by atoms with Crippen molar-refractivity contribution in [3.63, 3.8) is 0 Å². The second-order valence-corrected chi connectivity index (χ2v) is 6.64. The van der Waals surface area contributed by atoms with E-state index in [4.69, 9.17) is 21.1 Å². The summed E-state index contributed by atoms with van der Waals surface area (Å²) in [4.78, 5) is 12.5. The van der Waals surface area contributed by atoms with Crippen molar-refractivity contribution in [2.24, 2.45) is 0 Å². The van der Waals surface area contributed by atoms with Crippen molar-refractivity contribution in [1.29, 1.82) is 0 Å². The van der Waals surface area contributed by atoms with Crippen LogP contribution < -0.4 is 14.8 Å². The van der Waals surface area contributed by atoms with Gasteiger partial charge >= 0.3 is 0 Å². The van der Waals surface area contributed by atoms with Gasteiger partial charge in [0, 0.05) is 5.69 Å². The minimum Gasteiger partial charge on any atom is -0.489 e. The summed E-state index contributed by atoms with van der Waals surface area (Å²) < 4.78 is 11.5. The summed E-state index contributed by atoms with van der Waals surface area (Å²) in [6, 6.07) is 24.3. The SMILES string of the molecule is CC[C@H](Oc1ccccc1Cl)C(=O)Nc1ccc(OCc2ccccc2)cc1.